The quantitative estimate of drug-likeness (QED) is 0.616. The average molecular weight is 317 g/mol. The van der Waals surface area contributed by atoms with Gasteiger partial charge in [0.15, 0.2) is 5.96 Å². The number of benzene rings is 1. The molecule has 0 heterocycles. The number of guanidine groups is 1. The van der Waals surface area contributed by atoms with Crippen LogP contribution in [0, 0.1) is 12.8 Å². The first kappa shape index (κ1) is 17.6. The molecule has 1 fully saturated rings. The molecular formula is C19H31N3O. The van der Waals surface area contributed by atoms with Gasteiger partial charge in [0.1, 0.15) is 5.75 Å². The molecule has 0 spiro atoms. The maximum Gasteiger partial charge on any atom is 0.191 e. The second-order valence-electron chi connectivity index (χ2n) is 7.19. The maximum atomic E-state index is 6.17. The van der Waals surface area contributed by atoms with Crippen molar-refractivity contribution >= 4 is 5.96 Å². The molecule has 2 rings (SSSR count). The van der Waals surface area contributed by atoms with Crippen LogP contribution in [0.15, 0.2) is 23.2 Å². The normalized spacial score (nSPS) is 16.5. The molecule has 2 N–H and O–H groups in total. The lowest BCUT2D eigenvalue weighted by molar-refractivity contribution is 0.191. The van der Waals surface area contributed by atoms with E-state index in [2.05, 4.69) is 55.8 Å². The van der Waals surface area contributed by atoms with E-state index in [-0.39, 0.29) is 6.10 Å². The Morgan fingerprint density at radius 1 is 1.35 bits per heavy atom. The van der Waals surface area contributed by atoms with Gasteiger partial charge in [0, 0.05) is 18.7 Å². The number of nitrogens with zero attached hydrogens (tertiary/aromatic N) is 2. The van der Waals surface area contributed by atoms with Crippen molar-refractivity contribution in [2.24, 2.45) is 16.6 Å². The fourth-order valence-electron chi connectivity index (χ4n) is 2.76. The molecule has 1 aromatic carbocycles. The minimum absolute atomic E-state index is 0.200. The highest BCUT2D eigenvalue weighted by Crippen LogP contribution is 2.26. The predicted octanol–water partition coefficient (Wildman–Crippen LogP) is 3.72. The van der Waals surface area contributed by atoms with Crippen LogP contribution in [0.25, 0.3) is 0 Å². The molecule has 1 aliphatic carbocycles. The second-order valence-corrected chi connectivity index (χ2v) is 7.19. The van der Waals surface area contributed by atoms with Crippen LogP contribution >= 0.6 is 0 Å². The second kappa shape index (κ2) is 7.71. The van der Waals surface area contributed by atoms with E-state index in [1.165, 1.54) is 18.4 Å². The van der Waals surface area contributed by atoms with Gasteiger partial charge in [0.2, 0.25) is 0 Å². The highest BCUT2D eigenvalue weighted by molar-refractivity contribution is 5.78. The minimum Gasteiger partial charge on any atom is -0.490 e. The Labute approximate surface area is 140 Å². The highest BCUT2D eigenvalue weighted by Gasteiger charge is 2.27. The smallest absolute Gasteiger partial charge is 0.191 e. The van der Waals surface area contributed by atoms with E-state index < -0.39 is 0 Å². The zero-order valence-electron chi connectivity index (χ0n) is 15.2. The average Bonchev–Trinajstić information content (AvgIpc) is 3.29. The summed E-state index contributed by atoms with van der Waals surface area (Å²) in [4.78, 5) is 6.63. The Balaban J connectivity index is 2.06. The van der Waals surface area contributed by atoms with Crippen LogP contribution in [0.1, 0.15) is 51.2 Å². The lowest BCUT2D eigenvalue weighted by Crippen LogP contribution is -2.35. The Morgan fingerprint density at radius 2 is 2.04 bits per heavy atom. The van der Waals surface area contributed by atoms with Crippen LogP contribution in [0.4, 0.5) is 0 Å². The summed E-state index contributed by atoms with van der Waals surface area (Å²) in [6.45, 7) is 9.21. The maximum absolute atomic E-state index is 6.17. The van der Waals surface area contributed by atoms with E-state index in [1.807, 2.05) is 7.05 Å². The third-order valence-corrected chi connectivity index (χ3v) is 4.22. The summed E-state index contributed by atoms with van der Waals surface area (Å²) in [5.74, 6) is 2.18. The summed E-state index contributed by atoms with van der Waals surface area (Å²) in [7, 11) is 2.02. The van der Waals surface area contributed by atoms with E-state index >= 15 is 0 Å². The molecule has 1 aliphatic rings. The number of hydrogen-bond donors (Lipinski definition) is 1. The van der Waals surface area contributed by atoms with E-state index in [1.54, 1.807) is 0 Å². The summed E-state index contributed by atoms with van der Waals surface area (Å²) in [6.07, 6.45) is 3.69. The van der Waals surface area contributed by atoms with Crippen molar-refractivity contribution in [1.82, 2.24) is 4.90 Å². The summed E-state index contributed by atoms with van der Waals surface area (Å²) in [5, 5.41) is 0. The van der Waals surface area contributed by atoms with Gasteiger partial charge in [-0.15, -0.1) is 0 Å². The highest BCUT2D eigenvalue weighted by atomic mass is 16.5. The lowest BCUT2D eigenvalue weighted by atomic mass is 10.1. The van der Waals surface area contributed by atoms with Crippen molar-refractivity contribution in [3.8, 4) is 5.75 Å². The summed E-state index contributed by atoms with van der Waals surface area (Å²) in [6, 6.07) is 6.88. The molecule has 1 unspecified atom stereocenters. The van der Waals surface area contributed by atoms with Crippen molar-refractivity contribution in [2.45, 2.75) is 65.6 Å². The van der Waals surface area contributed by atoms with Gasteiger partial charge in [-0.1, -0.05) is 26.0 Å². The lowest BCUT2D eigenvalue weighted by Gasteiger charge is -2.20. The van der Waals surface area contributed by atoms with Gasteiger partial charge in [0.25, 0.3) is 0 Å². The largest absolute Gasteiger partial charge is 0.490 e. The van der Waals surface area contributed by atoms with Crippen LogP contribution in [0.5, 0.6) is 5.75 Å². The van der Waals surface area contributed by atoms with Crippen LogP contribution < -0.4 is 10.5 Å². The molecule has 128 valence electrons. The number of hydrogen-bond acceptors (Lipinski definition) is 2. The fourth-order valence-corrected chi connectivity index (χ4v) is 2.76. The zero-order chi connectivity index (χ0) is 17.0. The third-order valence-electron chi connectivity index (χ3n) is 4.22. The van der Waals surface area contributed by atoms with Crippen molar-refractivity contribution in [2.75, 3.05) is 7.05 Å². The number of aryl methyl sites for hydroxylation is 1. The van der Waals surface area contributed by atoms with E-state index in [4.69, 9.17) is 10.5 Å². The molecular weight excluding hydrogens is 286 g/mol. The van der Waals surface area contributed by atoms with Crippen LogP contribution in [-0.2, 0) is 6.54 Å². The van der Waals surface area contributed by atoms with Gasteiger partial charge < -0.3 is 15.4 Å². The van der Waals surface area contributed by atoms with Gasteiger partial charge in [-0.25, -0.2) is 4.99 Å². The molecule has 1 aromatic rings. The fraction of sp³-hybridized carbons (Fsp3) is 0.632. The van der Waals surface area contributed by atoms with Crippen LogP contribution in [0.3, 0.4) is 0 Å². The topological polar surface area (TPSA) is 50.8 Å². The molecule has 0 aliphatic heterocycles. The number of ether oxygens (including phenoxy) is 1. The first-order valence-electron chi connectivity index (χ1n) is 8.65. The number of aliphatic imine (C=N–C) groups is 1. The predicted molar refractivity (Wildman–Crippen MR) is 96.8 cm³/mol. The van der Waals surface area contributed by atoms with Crippen molar-refractivity contribution < 1.29 is 4.74 Å². The van der Waals surface area contributed by atoms with E-state index in [0.717, 1.165) is 17.7 Å². The van der Waals surface area contributed by atoms with Crippen LogP contribution in [0.2, 0.25) is 0 Å². The Morgan fingerprint density at radius 3 is 2.65 bits per heavy atom. The van der Waals surface area contributed by atoms with E-state index in [0.29, 0.717) is 24.5 Å². The summed E-state index contributed by atoms with van der Waals surface area (Å²) >= 11 is 0. The van der Waals surface area contributed by atoms with Crippen molar-refractivity contribution in [3.63, 3.8) is 0 Å². The van der Waals surface area contributed by atoms with Crippen molar-refractivity contribution in [3.05, 3.63) is 29.3 Å². The van der Waals surface area contributed by atoms with E-state index in [9.17, 15) is 0 Å². The third kappa shape index (κ3) is 5.45. The molecule has 0 bridgehead atoms. The first-order valence-corrected chi connectivity index (χ1v) is 8.65. The Bertz CT molecular complexity index is 550. The first-order chi connectivity index (χ1) is 10.9. The molecule has 4 nitrogen and oxygen atoms in total. The number of rotatable bonds is 7. The molecule has 0 saturated heterocycles. The van der Waals surface area contributed by atoms with Gasteiger partial charge >= 0.3 is 0 Å². The Hall–Kier alpha value is -1.71. The van der Waals surface area contributed by atoms with Gasteiger partial charge in [-0.3, -0.25) is 0 Å². The zero-order valence-corrected chi connectivity index (χ0v) is 15.2. The summed E-state index contributed by atoms with van der Waals surface area (Å²) in [5.41, 5.74) is 8.39. The molecule has 4 heteroatoms. The van der Waals surface area contributed by atoms with Gasteiger partial charge in [-0.2, -0.15) is 0 Å². The SMILES string of the molecule is Cc1ccc(CN=C(N)N(C)C2CC2)c(OC(C)CC(C)C)c1. The molecule has 0 radical (unpaired) electrons. The van der Waals surface area contributed by atoms with Crippen LogP contribution in [-0.4, -0.2) is 30.1 Å². The van der Waals surface area contributed by atoms with Gasteiger partial charge in [0.05, 0.1) is 12.6 Å². The standard InChI is InChI=1S/C19H31N3O/c1-13(2)10-15(4)23-18-11-14(3)6-7-16(18)12-21-19(20)22(5)17-8-9-17/h6-7,11,13,15,17H,8-10,12H2,1-5H3,(H2,20,21). The molecule has 23 heavy (non-hydrogen) atoms. The molecule has 0 aromatic heterocycles. The summed E-state index contributed by atoms with van der Waals surface area (Å²) < 4.78 is 6.17. The molecule has 1 saturated carbocycles. The molecule has 0 amide bonds. The van der Waals surface area contributed by atoms with Crippen molar-refractivity contribution in [1.29, 1.82) is 0 Å². The minimum atomic E-state index is 0.200. The Kier molecular flexibility index (Phi) is 5.91. The monoisotopic (exact) mass is 317 g/mol. The number of nitrogens with two attached hydrogens (primary N) is 1. The molecule has 1 atom stereocenters. The van der Waals surface area contributed by atoms with Gasteiger partial charge in [-0.05, 0) is 50.7 Å².